The number of aromatic nitrogens is 1. The molecule has 0 spiro atoms. The van der Waals surface area contributed by atoms with Crippen molar-refractivity contribution in [3.8, 4) is 0 Å². The molecule has 1 aromatic rings. The third-order valence-corrected chi connectivity index (χ3v) is 3.40. The second-order valence-electron chi connectivity index (χ2n) is 4.75. The number of hydrogen-bond acceptors (Lipinski definition) is 4. The van der Waals surface area contributed by atoms with Crippen LogP contribution in [0.1, 0.15) is 37.7 Å². The van der Waals surface area contributed by atoms with E-state index in [-0.39, 0.29) is 6.61 Å². The highest BCUT2D eigenvalue weighted by molar-refractivity contribution is 7.85. The van der Waals surface area contributed by atoms with E-state index in [1.807, 2.05) is 18.3 Å². The monoisotopic (exact) mass is 297 g/mol. The summed E-state index contributed by atoms with van der Waals surface area (Å²) in [5, 5.41) is 0. The Bertz CT molecular complexity index is 483. The molecule has 0 saturated carbocycles. The van der Waals surface area contributed by atoms with Crippen molar-refractivity contribution in [2.45, 2.75) is 38.5 Å². The van der Waals surface area contributed by atoms with Gasteiger partial charge in [0.1, 0.15) is 0 Å². The number of pyridine rings is 1. The molecule has 0 saturated heterocycles. The minimum Gasteiger partial charge on any atom is -0.270 e. The molecule has 0 aliphatic rings. The van der Waals surface area contributed by atoms with Gasteiger partial charge in [-0.1, -0.05) is 24.6 Å². The van der Waals surface area contributed by atoms with E-state index in [0.29, 0.717) is 6.42 Å². The van der Waals surface area contributed by atoms with Gasteiger partial charge < -0.3 is 0 Å². The number of allylic oxidation sites excluding steroid dienone is 1. The fourth-order valence-electron chi connectivity index (χ4n) is 1.82. The van der Waals surface area contributed by atoms with Crippen LogP contribution in [0, 0.1) is 0 Å². The van der Waals surface area contributed by atoms with Gasteiger partial charge in [-0.3, -0.25) is 9.17 Å². The maximum absolute atomic E-state index is 10.7. The van der Waals surface area contributed by atoms with Crippen LogP contribution in [0.25, 0.3) is 0 Å². The lowest BCUT2D eigenvalue weighted by Crippen LogP contribution is -2.02. The zero-order valence-electron chi connectivity index (χ0n) is 12.0. The third kappa shape index (κ3) is 9.69. The smallest absolute Gasteiger partial charge is 0.264 e. The van der Waals surface area contributed by atoms with Crippen LogP contribution in [0.2, 0.25) is 0 Å². The molecule has 4 nitrogen and oxygen atoms in total. The second kappa shape index (κ2) is 9.66. The Hall–Kier alpha value is -1.20. The molecule has 0 bridgehead atoms. The van der Waals surface area contributed by atoms with Crippen LogP contribution in [0.5, 0.6) is 0 Å². The Morgan fingerprint density at radius 3 is 2.70 bits per heavy atom. The normalized spacial score (nSPS) is 12.1. The van der Waals surface area contributed by atoms with E-state index in [1.165, 1.54) is 18.4 Å². The van der Waals surface area contributed by atoms with Gasteiger partial charge in [0.05, 0.1) is 12.9 Å². The summed E-state index contributed by atoms with van der Waals surface area (Å²) in [4.78, 5) is 4.09. The highest BCUT2D eigenvalue weighted by Crippen LogP contribution is 2.07. The molecule has 5 heteroatoms. The van der Waals surface area contributed by atoms with Crippen LogP contribution in [0.15, 0.2) is 36.7 Å². The zero-order valence-corrected chi connectivity index (χ0v) is 12.8. The minimum absolute atomic E-state index is 0.232. The first kappa shape index (κ1) is 16.9. The molecule has 1 aromatic heterocycles. The minimum atomic E-state index is -3.29. The number of hydrogen-bond donors (Lipinski definition) is 0. The SMILES string of the molecule is CS(=O)(=O)OCC/C=C/CCCCCc1cccnc1. The highest BCUT2D eigenvalue weighted by Gasteiger charge is 1.98. The van der Waals surface area contributed by atoms with Crippen LogP contribution >= 0.6 is 0 Å². The number of aryl methyl sites for hydroxylation is 1. The molecule has 1 rings (SSSR count). The summed E-state index contributed by atoms with van der Waals surface area (Å²) >= 11 is 0. The molecule has 0 N–H and O–H groups in total. The van der Waals surface area contributed by atoms with E-state index < -0.39 is 10.1 Å². The molecule has 0 amide bonds. The van der Waals surface area contributed by atoms with Crippen molar-refractivity contribution in [2.75, 3.05) is 12.9 Å². The van der Waals surface area contributed by atoms with Crippen LogP contribution in [0.3, 0.4) is 0 Å². The van der Waals surface area contributed by atoms with Crippen LogP contribution in [0.4, 0.5) is 0 Å². The van der Waals surface area contributed by atoms with Gasteiger partial charge in [0.25, 0.3) is 10.1 Å². The fourth-order valence-corrected chi connectivity index (χ4v) is 2.22. The quantitative estimate of drug-likeness (QED) is 0.378. The van der Waals surface area contributed by atoms with E-state index in [9.17, 15) is 8.42 Å². The summed E-state index contributed by atoms with van der Waals surface area (Å²) in [7, 11) is -3.29. The van der Waals surface area contributed by atoms with Crippen molar-refractivity contribution >= 4 is 10.1 Å². The standard InChI is InChI=1S/C15H23NO3S/c1-20(17,18)19-13-8-6-4-2-3-5-7-10-15-11-9-12-16-14-15/h4,6,9,11-12,14H,2-3,5,7-8,10,13H2,1H3/b6-4+. The predicted molar refractivity (Wildman–Crippen MR) is 81.0 cm³/mol. The van der Waals surface area contributed by atoms with Crippen LogP contribution in [-0.4, -0.2) is 26.3 Å². The van der Waals surface area contributed by atoms with Gasteiger partial charge in [-0.05, 0) is 43.7 Å². The molecule has 0 unspecified atom stereocenters. The van der Waals surface area contributed by atoms with E-state index in [0.717, 1.165) is 25.5 Å². The van der Waals surface area contributed by atoms with Crippen molar-refractivity contribution < 1.29 is 12.6 Å². The van der Waals surface area contributed by atoms with Gasteiger partial charge in [-0.2, -0.15) is 8.42 Å². The lowest BCUT2D eigenvalue weighted by molar-refractivity contribution is 0.328. The Morgan fingerprint density at radius 2 is 2.00 bits per heavy atom. The van der Waals surface area contributed by atoms with Crippen LogP contribution < -0.4 is 0 Å². The van der Waals surface area contributed by atoms with Gasteiger partial charge in [0.15, 0.2) is 0 Å². The third-order valence-electron chi connectivity index (χ3n) is 2.81. The van der Waals surface area contributed by atoms with Crippen molar-refractivity contribution in [1.29, 1.82) is 0 Å². The average Bonchev–Trinajstić information content (AvgIpc) is 2.41. The molecule has 1 heterocycles. The molecular formula is C15H23NO3S. The van der Waals surface area contributed by atoms with Crippen molar-refractivity contribution in [3.05, 3.63) is 42.2 Å². The second-order valence-corrected chi connectivity index (χ2v) is 6.39. The summed E-state index contributed by atoms with van der Waals surface area (Å²) < 4.78 is 26.0. The summed E-state index contributed by atoms with van der Waals surface area (Å²) in [6.45, 7) is 0.232. The fraction of sp³-hybridized carbons (Fsp3) is 0.533. The van der Waals surface area contributed by atoms with E-state index in [1.54, 1.807) is 6.20 Å². The molecule has 0 radical (unpaired) electrons. The van der Waals surface area contributed by atoms with E-state index >= 15 is 0 Å². The van der Waals surface area contributed by atoms with Crippen molar-refractivity contribution in [3.63, 3.8) is 0 Å². The lowest BCUT2D eigenvalue weighted by atomic mass is 10.1. The first-order chi connectivity index (χ1) is 9.58. The van der Waals surface area contributed by atoms with Crippen LogP contribution in [-0.2, 0) is 20.7 Å². The molecule has 0 fully saturated rings. The Balaban J connectivity index is 1.94. The molecule has 20 heavy (non-hydrogen) atoms. The van der Waals surface area contributed by atoms with Gasteiger partial charge >= 0.3 is 0 Å². The van der Waals surface area contributed by atoms with Gasteiger partial charge in [0, 0.05) is 12.4 Å². The van der Waals surface area contributed by atoms with Gasteiger partial charge in [0.2, 0.25) is 0 Å². The highest BCUT2D eigenvalue weighted by atomic mass is 32.2. The molecule has 0 atom stereocenters. The Morgan fingerprint density at radius 1 is 1.20 bits per heavy atom. The van der Waals surface area contributed by atoms with E-state index in [2.05, 4.69) is 21.3 Å². The molecule has 0 aliphatic heterocycles. The summed E-state index contributed by atoms with van der Waals surface area (Å²) in [6.07, 6.45) is 15.1. The van der Waals surface area contributed by atoms with Crippen molar-refractivity contribution in [1.82, 2.24) is 4.98 Å². The first-order valence-corrected chi connectivity index (χ1v) is 8.78. The summed E-state index contributed by atoms with van der Waals surface area (Å²) in [5.41, 5.74) is 1.29. The molecule has 112 valence electrons. The predicted octanol–water partition coefficient (Wildman–Crippen LogP) is 3.11. The zero-order chi connectivity index (χ0) is 14.7. The summed E-state index contributed by atoms with van der Waals surface area (Å²) in [5.74, 6) is 0. The summed E-state index contributed by atoms with van der Waals surface area (Å²) in [6, 6.07) is 4.07. The van der Waals surface area contributed by atoms with Crippen molar-refractivity contribution in [2.24, 2.45) is 0 Å². The van der Waals surface area contributed by atoms with Gasteiger partial charge in [-0.25, -0.2) is 0 Å². The maximum Gasteiger partial charge on any atom is 0.264 e. The number of unbranched alkanes of at least 4 members (excludes halogenated alkanes) is 3. The largest absolute Gasteiger partial charge is 0.270 e. The average molecular weight is 297 g/mol. The topological polar surface area (TPSA) is 56.3 Å². The number of nitrogens with zero attached hydrogens (tertiary/aromatic N) is 1. The number of rotatable bonds is 10. The molecular weight excluding hydrogens is 274 g/mol. The molecule has 0 aliphatic carbocycles. The molecule has 0 aromatic carbocycles. The van der Waals surface area contributed by atoms with Gasteiger partial charge in [-0.15, -0.1) is 0 Å². The Kier molecular flexibility index (Phi) is 8.14. The maximum atomic E-state index is 10.7. The lowest BCUT2D eigenvalue weighted by Gasteiger charge is -2.00. The van der Waals surface area contributed by atoms with E-state index in [4.69, 9.17) is 0 Å². The Labute approximate surface area is 122 Å². The first-order valence-electron chi connectivity index (χ1n) is 6.96.